The summed E-state index contributed by atoms with van der Waals surface area (Å²) >= 11 is 0. The van der Waals surface area contributed by atoms with E-state index in [1.807, 2.05) is 0 Å². The normalized spacial score (nSPS) is 10.9. The first-order valence-corrected chi connectivity index (χ1v) is 10.9. The molecule has 0 saturated heterocycles. The summed E-state index contributed by atoms with van der Waals surface area (Å²) in [7, 11) is -0.288. The zero-order valence-electron chi connectivity index (χ0n) is 15.8. The zero-order chi connectivity index (χ0) is 17.5. The molecule has 0 heterocycles. The smallest absolute Gasteiger partial charge is 0.0366 e. The molecule has 2 nitrogen and oxygen atoms in total. The maximum absolute atomic E-state index is 2.39. The Balaban J connectivity index is 2.15. The van der Waals surface area contributed by atoms with Crippen LogP contribution in [0.15, 0.2) is 48.5 Å². The molecule has 0 unspecified atom stereocenters. The average Bonchev–Trinajstić information content (AvgIpc) is 2.64. The minimum Gasteiger partial charge on any atom is -0.372 e. The lowest BCUT2D eigenvalue weighted by molar-refractivity contribution is 0.866. The molecule has 0 amide bonds. The third-order valence-electron chi connectivity index (χ3n) is 4.73. The van der Waals surface area contributed by atoms with E-state index >= 15 is 0 Å². The molecule has 130 valence electrons. The van der Waals surface area contributed by atoms with Gasteiger partial charge in [-0.15, -0.1) is 0 Å². The van der Waals surface area contributed by atoms with Crippen LogP contribution < -0.4 is 20.4 Å². The molecule has 0 bridgehead atoms. The predicted molar refractivity (Wildman–Crippen MR) is 112 cm³/mol. The van der Waals surface area contributed by atoms with Crippen LogP contribution in [-0.4, -0.2) is 32.8 Å². The molecule has 0 atom stereocenters. The van der Waals surface area contributed by atoms with Crippen LogP contribution in [0.1, 0.15) is 27.7 Å². The van der Waals surface area contributed by atoms with Gasteiger partial charge in [0.25, 0.3) is 0 Å². The van der Waals surface area contributed by atoms with E-state index in [0.717, 1.165) is 26.2 Å². The summed E-state index contributed by atoms with van der Waals surface area (Å²) in [6.07, 6.45) is 0. The molecule has 0 aromatic heterocycles. The fraction of sp³-hybridized carbons (Fsp3) is 0.429. The highest BCUT2D eigenvalue weighted by atomic mass is 31.1. The van der Waals surface area contributed by atoms with Crippen LogP contribution in [-0.2, 0) is 0 Å². The van der Waals surface area contributed by atoms with E-state index in [1.54, 1.807) is 0 Å². The maximum atomic E-state index is 2.39. The molecule has 2 aromatic rings. The molecule has 0 spiro atoms. The highest BCUT2D eigenvalue weighted by molar-refractivity contribution is 7.72. The van der Waals surface area contributed by atoms with Crippen molar-refractivity contribution >= 4 is 29.9 Å². The Morgan fingerprint density at radius 3 is 1.12 bits per heavy atom. The van der Waals surface area contributed by atoms with E-state index in [4.69, 9.17) is 0 Å². The topological polar surface area (TPSA) is 6.48 Å². The van der Waals surface area contributed by atoms with Gasteiger partial charge in [-0.2, -0.15) is 0 Å². The standard InChI is InChI=1S/C21H31N2P/c1-6-22(7-2)18-10-14-20(15-11-18)24(5)21-16-12-19(13-17-21)23(8-3)9-4/h10-17H,6-9H2,1-5H3. The number of nitrogens with zero attached hydrogens (tertiary/aromatic N) is 2. The molecule has 24 heavy (non-hydrogen) atoms. The van der Waals surface area contributed by atoms with Gasteiger partial charge in [0.1, 0.15) is 0 Å². The molecule has 0 saturated carbocycles. The van der Waals surface area contributed by atoms with Crippen LogP contribution >= 0.6 is 7.92 Å². The summed E-state index contributed by atoms with van der Waals surface area (Å²) < 4.78 is 0. The fourth-order valence-electron chi connectivity index (χ4n) is 3.10. The Bertz CT molecular complexity index is 543. The van der Waals surface area contributed by atoms with E-state index < -0.39 is 0 Å². The van der Waals surface area contributed by atoms with Crippen molar-refractivity contribution < 1.29 is 0 Å². The van der Waals surface area contributed by atoms with Crippen LogP contribution in [0.4, 0.5) is 11.4 Å². The monoisotopic (exact) mass is 342 g/mol. The summed E-state index contributed by atoms with van der Waals surface area (Å²) in [4.78, 5) is 4.78. The number of benzene rings is 2. The second-order valence-electron chi connectivity index (χ2n) is 5.94. The van der Waals surface area contributed by atoms with Gasteiger partial charge in [-0.1, -0.05) is 24.3 Å². The molecule has 0 fully saturated rings. The summed E-state index contributed by atoms with van der Waals surface area (Å²) in [6, 6.07) is 18.3. The Labute approximate surface area is 149 Å². The first-order valence-electron chi connectivity index (χ1n) is 9.08. The fourth-order valence-corrected chi connectivity index (χ4v) is 4.59. The lowest BCUT2D eigenvalue weighted by atomic mass is 10.3. The van der Waals surface area contributed by atoms with Crippen LogP contribution in [0.3, 0.4) is 0 Å². The molecule has 3 heteroatoms. The highest BCUT2D eigenvalue weighted by Crippen LogP contribution is 2.30. The van der Waals surface area contributed by atoms with Gasteiger partial charge in [-0.3, -0.25) is 0 Å². The van der Waals surface area contributed by atoms with Crippen LogP contribution in [0.5, 0.6) is 0 Å². The third-order valence-corrected chi connectivity index (χ3v) is 6.88. The summed E-state index contributed by atoms with van der Waals surface area (Å²) in [5, 5.41) is 2.88. The van der Waals surface area contributed by atoms with Crippen molar-refractivity contribution in [3.63, 3.8) is 0 Å². The van der Waals surface area contributed by atoms with Crippen molar-refractivity contribution in [2.24, 2.45) is 0 Å². The third kappa shape index (κ3) is 4.30. The molecule has 0 aliphatic rings. The second kappa shape index (κ2) is 9.08. The second-order valence-corrected chi connectivity index (χ2v) is 8.09. The molecule has 0 aliphatic carbocycles. The van der Waals surface area contributed by atoms with Crippen LogP contribution in [0, 0.1) is 0 Å². The van der Waals surface area contributed by atoms with Crippen molar-refractivity contribution in [2.45, 2.75) is 27.7 Å². The molecular weight excluding hydrogens is 311 g/mol. The van der Waals surface area contributed by atoms with Gasteiger partial charge >= 0.3 is 0 Å². The van der Waals surface area contributed by atoms with E-state index in [1.165, 1.54) is 22.0 Å². The van der Waals surface area contributed by atoms with Crippen molar-refractivity contribution in [2.75, 3.05) is 42.6 Å². The number of anilines is 2. The number of hydrogen-bond acceptors (Lipinski definition) is 2. The van der Waals surface area contributed by atoms with E-state index in [2.05, 4.69) is 92.7 Å². The molecule has 0 N–H and O–H groups in total. The van der Waals surface area contributed by atoms with Crippen LogP contribution in [0.25, 0.3) is 0 Å². The Kier molecular flexibility index (Phi) is 7.12. The van der Waals surface area contributed by atoms with Gasteiger partial charge in [-0.05, 0) is 77.2 Å². The van der Waals surface area contributed by atoms with Crippen molar-refractivity contribution in [1.29, 1.82) is 0 Å². The molecule has 2 rings (SSSR count). The van der Waals surface area contributed by atoms with Crippen molar-refractivity contribution in [1.82, 2.24) is 0 Å². The summed E-state index contributed by atoms with van der Waals surface area (Å²) in [5.74, 6) is 0. The minimum absolute atomic E-state index is 0.288. The average molecular weight is 342 g/mol. The van der Waals surface area contributed by atoms with Gasteiger partial charge in [-0.25, -0.2) is 0 Å². The lowest BCUT2D eigenvalue weighted by Gasteiger charge is -2.23. The van der Waals surface area contributed by atoms with Crippen LogP contribution in [0.2, 0.25) is 0 Å². The number of rotatable bonds is 8. The Hall–Kier alpha value is -1.53. The minimum atomic E-state index is -0.288. The first kappa shape index (κ1) is 18.8. The largest absolute Gasteiger partial charge is 0.372 e. The van der Waals surface area contributed by atoms with Gasteiger partial charge in [0.05, 0.1) is 0 Å². The van der Waals surface area contributed by atoms with Gasteiger partial charge in [0.2, 0.25) is 0 Å². The van der Waals surface area contributed by atoms with Gasteiger partial charge in [0, 0.05) is 37.6 Å². The van der Waals surface area contributed by atoms with Gasteiger partial charge in [0.15, 0.2) is 0 Å². The maximum Gasteiger partial charge on any atom is 0.0366 e. The molecule has 0 radical (unpaired) electrons. The van der Waals surface area contributed by atoms with E-state index in [-0.39, 0.29) is 7.92 Å². The predicted octanol–water partition coefficient (Wildman–Crippen LogP) is 4.44. The zero-order valence-corrected chi connectivity index (χ0v) is 16.7. The van der Waals surface area contributed by atoms with Gasteiger partial charge < -0.3 is 9.80 Å². The summed E-state index contributed by atoms with van der Waals surface area (Å²) in [5.41, 5.74) is 2.65. The molecule has 2 aromatic carbocycles. The number of hydrogen-bond donors (Lipinski definition) is 0. The van der Waals surface area contributed by atoms with Crippen molar-refractivity contribution in [3.05, 3.63) is 48.5 Å². The molecular formula is C21H31N2P. The Morgan fingerprint density at radius 1 is 0.583 bits per heavy atom. The SMILES string of the molecule is CCN(CC)c1ccc(P(C)c2ccc(N(CC)CC)cc2)cc1. The molecule has 0 aliphatic heterocycles. The quantitative estimate of drug-likeness (QED) is 0.654. The first-order chi connectivity index (χ1) is 11.6. The van der Waals surface area contributed by atoms with E-state index in [9.17, 15) is 0 Å². The Morgan fingerprint density at radius 2 is 0.875 bits per heavy atom. The highest BCUT2D eigenvalue weighted by Gasteiger charge is 2.10. The van der Waals surface area contributed by atoms with E-state index in [0.29, 0.717) is 0 Å². The summed E-state index contributed by atoms with van der Waals surface area (Å²) in [6.45, 7) is 15.4. The lowest BCUT2D eigenvalue weighted by Crippen LogP contribution is -2.22. The van der Waals surface area contributed by atoms with Crippen molar-refractivity contribution in [3.8, 4) is 0 Å².